The van der Waals surface area contributed by atoms with Crippen molar-refractivity contribution in [3.05, 3.63) is 0 Å². The molecule has 0 bridgehead atoms. The van der Waals surface area contributed by atoms with Crippen LogP contribution in [0, 0.1) is 0 Å². The van der Waals surface area contributed by atoms with Crippen molar-refractivity contribution in [1.82, 2.24) is 4.90 Å². The van der Waals surface area contributed by atoms with Gasteiger partial charge in [0.05, 0.1) is 0 Å². The van der Waals surface area contributed by atoms with Crippen LogP contribution in [0.25, 0.3) is 0 Å². The van der Waals surface area contributed by atoms with Crippen molar-refractivity contribution in [2.24, 2.45) is 0 Å². The highest BCUT2D eigenvalue weighted by molar-refractivity contribution is 4.62. The fourth-order valence-electron chi connectivity index (χ4n) is 1.81. The Morgan fingerprint density at radius 1 is 0.917 bits per heavy atom. The van der Waals surface area contributed by atoms with Gasteiger partial charge in [0.15, 0.2) is 0 Å². The molecular weight excluding hydrogens is 150 g/mol. The van der Waals surface area contributed by atoms with Gasteiger partial charge in [-0.2, -0.15) is 0 Å². The van der Waals surface area contributed by atoms with Gasteiger partial charge in [-0.05, 0) is 45.3 Å². The van der Waals surface area contributed by atoms with Gasteiger partial charge in [0, 0.05) is 6.61 Å². The molecule has 0 radical (unpaired) electrons. The van der Waals surface area contributed by atoms with Gasteiger partial charge < -0.3 is 10.0 Å². The van der Waals surface area contributed by atoms with Gasteiger partial charge >= 0.3 is 0 Å². The van der Waals surface area contributed by atoms with E-state index in [0.29, 0.717) is 6.61 Å². The van der Waals surface area contributed by atoms with E-state index in [0.717, 1.165) is 12.8 Å². The molecule has 1 fully saturated rings. The zero-order valence-electron chi connectivity index (χ0n) is 7.97. The minimum atomic E-state index is 0.355. The van der Waals surface area contributed by atoms with Crippen LogP contribution >= 0.6 is 0 Å². The molecule has 0 spiro atoms. The van der Waals surface area contributed by atoms with Crippen molar-refractivity contribution in [3.63, 3.8) is 0 Å². The third-order valence-electron chi connectivity index (χ3n) is 2.58. The normalized spacial score (nSPS) is 20.8. The van der Waals surface area contributed by atoms with Crippen molar-refractivity contribution in [2.75, 3.05) is 26.2 Å². The molecule has 2 heteroatoms. The third-order valence-corrected chi connectivity index (χ3v) is 2.58. The summed E-state index contributed by atoms with van der Waals surface area (Å²) in [6, 6.07) is 0. The van der Waals surface area contributed by atoms with Crippen LogP contribution in [0.4, 0.5) is 0 Å². The SMILES string of the molecule is OCCCCN1CCCCCC1. The van der Waals surface area contributed by atoms with E-state index in [-0.39, 0.29) is 0 Å². The van der Waals surface area contributed by atoms with Gasteiger partial charge in [-0.3, -0.25) is 0 Å². The number of hydrogen-bond donors (Lipinski definition) is 1. The summed E-state index contributed by atoms with van der Waals surface area (Å²) in [6.45, 7) is 4.12. The molecule has 0 unspecified atom stereocenters. The fourth-order valence-corrected chi connectivity index (χ4v) is 1.81. The van der Waals surface area contributed by atoms with E-state index in [4.69, 9.17) is 5.11 Å². The van der Waals surface area contributed by atoms with E-state index in [1.807, 2.05) is 0 Å². The van der Waals surface area contributed by atoms with Crippen molar-refractivity contribution in [1.29, 1.82) is 0 Å². The van der Waals surface area contributed by atoms with Crippen LogP contribution in [-0.2, 0) is 0 Å². The summed E-state index contributed by atoms with van der Waals surface area (Å²) in [6.07, 6.45) is 7.71. The van der Waals surface area contributed by atoms with Crippen LogP contribution in [0.15, 0.2) is 0 Å². The molecule has 1 aliphatic rings. The average Bonchev–Trinajstić information content (AvgIpc) is 2.33. The maximum Gasteiger partial charge on any atom is 0.0431 e. The van der Waals surface area contributed by atoms with Crippen molar-refractivity contribution >= 4 is 0 Å². The fraction of sp³-hybridized carbons (Fsp3) is 1.00. The van der Waals surface area contributed by atoms with Gasteiger partial charge in [-0.25, -0.2) is 0 Å². The second-order valence-corrected chi connectivity index (χ2v) is 3.69. The summed E-state index contributed by atoms with van der Waals surface area (Å²) in [5, 5.41) is 8.63. The topological polar surface area (TPSA) is 23.5 Å². The largest absolute Gasteiger partial charge is 0.396 e. The molecule has 1 aliphatic heterocycles. The molecule has 0 aliphatic carbocycles. The molecular formula is C10H21NO. The predicted molar refractivity (Wildman–Crippen MR) is 51.2 cm³/mol. The minimum Gasteiger partial charge on any atom is -0.396 e. The van der Waals surface area contributed by atoms with Crippen molar-refractivity contribution < 1.29 is 5.11 Å². The molecule has 12 heavy (non-hydrogen) atoms. The minimum absolute atomic E-state index is 0.355. The molecule has 2 nitrogen and oxygen atoms in total. The lowest BCUT2D eigenvalue weighted by Gasteiger charge is -2.18. The van der Waals surface area contributed by atoms with E-state index in [2.05, 4.69) is 4.90 Å². The van der Waals surface area contributed by atoms with Crippen LogP contribution in [-0.4, -0.2) is 36.2 Å². The Bertz CT molecular complexity index is 98.0. The van der Waals surface area contributed by atoms with Crippen LogP contribution < -0.4 is 0 Å². The van der Waals surface area contributed by atoms with E-state index in [1.165, 1.54) is 45.3 Å². The second-order valence-electron chi connectivity index (χ2n) is 3.69. The van der Waals surface area contributed by atoms with Gasteiger partial charge in [-0.15, -0.1) is 0 Å². The summed E-state index contributed by atoms with van der Waals surface area (Å²) < 4.78 is 0. The average molecular weight is 171 g/mol. The van der Waals surface area contributed by atoms with E-state index < -0.39 is 0 Å². The van der Waals surface area contributed by atoms with Gasteiger partial charge in [0.2, 0.25) is 0 Å². The lowest BCUT2D eigenvalue weighted by Crippen LogP contribution is -2.25. The van der Waals surface area contributed by atoms with Crippen LogP contribution in [0.2, 0.25) is 0 Å². The maximum absolute atomic E-state index is 8.63. The Morgan fingerprint density at radius 3 is 2.17 bits per heavy atom. The summed E-state index contributed by atoms with van der Waals surface area (Å²) in [7, 11) is 0. The molecule has 1 saturated heterocycles. The van der Waals surface area contributed by atoms with Crippen molar-refractivity contribution in [2.45, 2.75) is 38.5 Å². The lowest BCUT2D eigenvalue weighted by atomic mass is 10.2. The first-order chi connectivity index (χ1) is 5.93. The summed E-state index contributed by atoms with van der Waals surface area (Å²) in [5.74, 6) is 0. The number of rotatable bonds is 4. The van der Waals surface area contributed by atoms with E-state index >= 15 is 0 Å². The number of hydrogen-bond acceptors (Lipinski definition) is 2. The quantitative estimate of drug-likeness (QED) is 0.650. The maximum atomic E-state index is 8.63. The molecule has 0 aromatic heterocycles. The van der Waals surface area contributed by atoms with Crippen LogP contribution in [0.5, 0.6) is 0 Å². The highest BCUT2D eigenvalue weighted by atomic mass is 16.2. The van der Waals surface area contributed by atoms with Gasteiger partial charge in [-0.1, -0.05) is 12.8 Å². The Labute approximate surface area is 75.6 Å². The molecule has 0 amide bonds. The zero-order chi connectivity index (χ0) is 8.65. The molecule has 1 N–H and O–H groups in total. The first-order valence-corrected chi connectivity index (χ1v) is 5.26. The number of nitrogens with zero attached hydrogens (tertiary/aromatic N) is 1. The first-order valence-electron chi connectivity index (χ1n) is 5.26. The Hall–Kier alpha value is -0.0800. The molecule has 72 valence electrons. The molecule has 1 heterocycles. The molecule has 0 saturated carbocycles. The molecule has 1 rings (SSSR count). The zero-order valence-corrected chi connectivity index (χ0v) is 7.97. The number of unbranched alkanes of at least 4 members (excludes halogenated alkanes) is 1. The van der Waals surface area contributed by atoms with Crippen molar-refractivity contribution in [3.8, 4) is 0 Å². The highest BCUT2D eigenvalue weighted by Crippen LogP contribution is 2.09. The summed E-state index contributed by atoms with van der Waals surface area (Å²) in [5.41, 5.74) is 0. The third kappa shape index (κ3) is 4.07. The molecule has 0 aromatic rings. The number of aliphatic hydroxyl groups is 1. The van der Waals surface area contributed by atoms with Crippen LogP contribution in [0.1, 0.15) is 38.5 Å². The molecule has 0 atom stereocenters. The lowest BCUT2D eigenvalue weighted by molar-refractivity contribution is 0.246. The van der Waals surface area contributed by atoms with Gasteiger partial charge in [0.1, 0.15) is 0 Å². The molecule has 0 aromatic carbocycles. The summed E-state index contributed by atoms with van der Waals surface area (Å²) >= 11 is 0. The standard InChI is InChI=1S/C10H21NO/c12-10-6-5-9-11-7-3-1-2-4-8-11/h12H,1-10H2. The Balaban J connectivity index is 2.04. The summed E-state index contributed by atoms with van der Waals surface area (Å²) in [4.78, 5) is 2.54. The van der Waals surface area contributed by atoms with Gasteiger partial charge in [0.25, 0.3) is 0 Å². The smallest absolute Gasteiger partial charge is 0.0431 e. The second kappa shape index (κ2) is 6.44. The Morgan fingerprint density at radius 2 is 1.58 bits per heavy atom. The van der Waals surface area contributed by atoms with E-state index in [1.54, 1.807) is 0 Å². The Kier molecular flexibility index (Phi) is 5.37. The monoisotopic (exact) mass is 171 g/mol. The highest BCUT2D eigenvalue weighted by Gasteiger charge is 2.07. The number of aliphatic hydroxyl groups excluding tert-OH is 1. The first kappa shape index (κ1) is 10.0. The van der Waals surface area contributed by atoms with Crippen LogP contribution in [0.3, 0.4) is 0 Å². The number of likely N-dealkylation sites (tertiary alicyclic amines) is 1. The predicted octanol–water partition coefficient (Wildman–Crippen LogP) is 1.63. The van der Waals surface area contributed by atoms with E-state index in [9.17, 15) is 0 Å².